The van der Waals surface area contributed by atoms with Crippen LogP contribution in [0.5, 0.6) is 0 Å². The summed E-state index contributed by atoms with van der Waals surface area (Å²) in [5.74, 6) is 1.03. The van der Waals surface area contributed by atoms with Crippen LogP contribution < -0.4 is 5.73 Å². The van der Waals surface area contributed by atoms with Crippen LogP contribution >= 0.6 is 0 Å². The van der Waals surface area contributed by atoms with Crippen LogP contribution in [0.15, 0.2) is 55.2 Å². The Bertz CT molecular complexity index is 1050. The Morgan fingerprint density at radius 2 is 1.52 bits per heavy atom. The zero-order valence-electron chi connectivity index (χ0n) is 14.0. The Morgan fingerprint density at radius 1 is 0.840 bits per heavy atom. The van der Waals surface area contributed by atoms with Crippen LogP contribution in [-0.4, -0.2) is 29.5 Å². The third-order valence-corrected chi connectivity index (χ3v) is 3.99. The summed E-state index contributed by atoms with van der Waals surface area (Å²) >= 11 is 0. The van der Waals surface area contributed by atoms with Crippen molar-refractivity contribution in [3.05, 3.63) is 55.2 Å². The topological polar surface area (TPSA) is 87.4 Å². The van der Waals surface area contributed by atoms with Gasteiger partial charge in [0.05, 0.1) is 12.4 Å². The molecular weight excluding hydrogens is 314 g/mol. The van der Waals surface area contributed by atoms with Gasteiger partial charge in [0.25, 0.3) is 0 Å². The van der Waals surface area contributed by atoms with E-state index in [1.165, 1.54) is 0 Å². The minimum atomic E-state index is 0.435. The smallest absolute Gasteiger partial charge is 0.161 e. The van der Waals surface area contributed by atoms with E-state index in [0.717, 1.165) is 27.8 Å². The first-order valence-electron chi connectivity index (χ1n) is 7.81. The molecule has 124 valence electrons. The van der Waals surface area contributed by atoms with Crippen LogP contribution in [0.4, 0.5) is 5.82 Å². The lowest BCUT2D eigenvalue weighted by molar-refractivity contribution is 0.768. The molecule has 0 aliphatic heterocycles. The van der Waals surface area contributed by atoms with E-state index in [1.54, 1.807) is 21.8 Å². The summed E-state index contributed by atoms with van der Waals surface area (Å²) in [6, 6.07) is 8.02. The van der Waals surface area contributed by atoms with Gasteiger partial charge in [0, 0.05) is 54.9 Å². The molecule has 4 rings (SSSR count). The highest BCUT2D eigenvalue weighted by Gasteiger charge is 2.11. The van der Waals surface area contributed by atoms with Gasteiger partial charge in [-0.1, -0.05) is 18.2 Å². The van der Waals surface area contributed by atoms with Crippen molar-refractivity contribution in [3.8, 4) is 33.6 Å². The van der Waals surface area contributed by atoms with Crippen molar-refractivity contribution in [3.63, 3.8) is 0 Å². The number of aromatic nitrogens is 6. The SMILES string of the molecule is Cn1cc(-c2cccc(-c3ncc(-c4cnn(C)c4)c(N)n3)c2)cn1. The van der Waals surface area contributed by atoms with Crippen LogP contribution in [-0.2, 0) is 14.1 Å². The monoisotopic (exact) mass is 331 g/mol. The molecule has 0 amide bonds. The minimum absolute atomic E-state index is 0.435. The van der Waals surface area contributed by atoms with Crippen LogP contribution in [0, 0.1) is 0 Å². The van der Waals surface area contributed by atoms with Gasteiger partial charge in [-0.2, -0.15) is 10.2 Å². The average Bonchev–Trinajstić information content (AvgIpc) is 3.23. The summed E-state index contributed by atoms with van der Waals surface area (Å²) < 4.78 is 3.50. The van der Waals surface area contributed by atoms with Gasteiger partial charge in [0.15, 0.2) is 5.82 Å². The number of nitrogens with zero attached hydrogens (tertiary/aromatic N) is 6. The van der Waals surface area contributed by atoms with Crippen molar-refractivity contribution >= 4 is 5.82 Å². The minimum Gasteiger partial charge on any atom is -0.383 e. The van der Waals surface area contributed by atoms with Crippen molar-refractivity contribution in [2.45, 2.75) is 0 Å². The Kier molecular flexibility index (Phi) is 3.53. The lowest BCUT2D eigenvalue weighted by Gasteiger charge is -2.06. The zero-order valence-corrected chi connectivity index (χ0v) is 14.0. The molecule has 1 aromatic carbocycles. The molecule has 3 heterocycles. The number of rotatable bonds is 3. The van der Waals surface area contributed by atoms with E-state index in [-0.39, 0.29) is 0 Å². The molecule has 0 saturated heterocycles. The van der Waals surface area contributed by atoms with E-state index in [1.807, 2.05) is 57.0 Å². The highest BCUT2D eigenvalue weighted by Crippen LogP contribution is 2.28. The van der Waals surface area contributed by atoms with Crippen LogP contribution in [0.3, 0.4) is 0 Å². The molecule has 2 N–H and O–H groups in total. The maximum atomic E-state index is 6.15. The van der Waals surface area contributed by atoms with E-state index in [0.29, 0.717) is 11.6 Å². The summed E-state index contributed by atoms with van der Waals surface area (Å²) in [6.45, 7) is 0. The molecule has 25 heavy (non-hydrogen) atoms. The van der Waals surface area contributed by atoms with Gasteiger partial charge in [0.1, 0.15) is 5.82 Å². The maximum Gasteiger partial charge on any atom is 0.161 e. The first-order chi connectivity index (χ1) is 12.1. The van der Waals surface area contributed by atoms with Gasteiger partial charge in [-0.25, -0.2) is 9.97 Å². The molecule has 0 aliphatic rings. The molecule has 3 aromatic heterocycles. The highest BCUT2D eigenvalue weighted by atomic mass is 15.2. The third kappa shape index (κ3) is 2.87. The quantitative estimate of drug-likeness (QED) is 0.623. The second-order valence-corrected chi connectivity index (χ2v) is 5.88. The van der Waals surface area contributed by atoms with Crippen molar-refractivity contribution < 1.29 is 0 Å². The van der Waals surface area contributed by atoms with Crippen LogP contribution in [0.25, 0.3) is 33.6 Å². The number of aryl methyl sites for hydroxylation is 2. The molecule has 0 bridgehead atoms. The zero-order chi connectivity index (χ0) is 17.4. The molecule has 4 aromatic rings. The van der Waals surface area contributed by atoms with Crippen molar-refractivity contribution in [1.29, 1.82) is 0 Å². The van der Waals surface area contributed by atoms with Crippen molar-refractivity contribution in [2.75, 3.05) is 5.73 Å². The largest absolute Gasteiger partial charge is 0.383 e. The van der Waals surface area contributed by atoms with E-state index in [2.05, 4.69) is 20.2 Å². The molecule has 7 heteroatoms. The molecule has 0 fully saturated rings. The summed E-state index contributed by atoms with van der Waals surface area (Å²) in [6.07, 6.45) is 9.18. The predicted octanol–water partition coefficient (Wildman–Crippen LogP) is 2.53. The van der Waals surface area contributed by atoms with E-state index >= 15 is 0 Å². The summed E-state index contributed by atoms with van der Waals surface area (Å²) in [5.41, 5.74) is 10.8. The number of hydrogen-bond acceptors (Lipinski definition) is 5. The molecule has 0 radical (unpaired) electrons. The van der Waals surface area contributed by atoms with Gasteiger partial charge in [-0.15, -0.1) is 0 Å². The molecule has 7 nitrogen and oxygen atoms in total. The first kappa shape index (κ1) is 15.1. The number of hydrogen-bond donors (Lipinski definition) is 1. The highest BCUT2D eigenvalue weighted by molar-refractivity contribution is 5.75. The fourth-order valence-corrected chi connectivity index (χ4v) is 2.72. The molecule has 0 aliphatic carbocycles. The lowest BCUT2D eigenvalue weighted by Crippen LogP contribution is -1.98. The van der Waals surface area contributed by atoms with Gasteiger partial charge >= 0.3 is 0 Å². The fraction of sp³-hybridized carbons (Fsp3) is 0.111. The first-order valence-corrected chi connectivity index (χ1v) is 7.81. The maximum absolute atomic E-state index is 6.15. The van der Waals surface area contributed by atoms with Gasteiger partial charge in [-0.05, 0) is 11.6 Å². The van der Waals surface area contributed by atoms with Crippen molar-refractivity contribution in [2.24, 2.45) is 14.1 Å². The van der Waals surface area contributed by atoms with E-state index < -0.39 is 0 Å². The Hall–Kier alpha value is -3.48. The Labute approximate surface area is 144 Å². The number of benzene rings is 1. The summed E-state index contributed by atoms with van der Waals surface area (Å²) in [4.78, 5) is 8.96. The number of nitrogens with two attached hydrogens (primary N) is 1. The van der Waals surface area contributed by atoms with Gasteiger partial charge in [0.2, 0.25) is 0 Å². The number of anilines is 1. The van der Waals surface area contributed by atoms with Gasteiger partial charge < -0.3 is 5.73 Å². The fourth-order valence-electron chi connectivity index (χ4n) is 2.72. The number of nitrogen functional groups attached to an aromatic ring is 1. The average molecular weight is 331 g/mol. The van der Waals surface area contributed by atoms with Crippen molar-refractivity contribution in [1.82, 2.24) is 29.5 Å². The molecule has 0 saturated carbocycles. The predicted molar refractivity (Wildman–Crippen MR) is 96.3 cm³/mol. The van der Waals surface area contributed by atoms with E-state index in [9.17, 15) is 0 Å². The second kappa shape index (κ2) is 5.86. The third-order valence-electron chi connectivity index (χ3n) is 3.99. The molecule has 0 atom stereocenters. The Balaban J connectivity index is 1.72. The lowest BCUT2D eigenvalue weighted by atomic mass is 10.1. The molecular formula is C18H17N7. The summed E-state index contributed by atoms with van der Waals surface area (Å²) in [7, 11) is 3.76. The Morgan fingerprint density at radius 3 is 2.16 bits per heavy atom. The second-order valence-electron chi connectivity index (χ2n) is 5.88. The van der Waals surface area contributed by atoms with Crippen LogP contribution in [0.2, 0.25) is 0 Å². The molecule has 0 unspecified atom stereocenters. The summed E-state index contributed by atoms with van der Waals surface area (Å²) in [5, 5.41) is 8.37. The molecule has 0 spiro atoms. The standard InChI is InChI=1S/C18H17N7/c1-24-10-14(7-21-24)12-4-3-5-13(6-12)18-20-9-16(17(19)23-18)15-8-22-25(2)11-15/h3-11H,1-2H3,(H2,19,20,23). The van der Waals surface area contributed by atoms with E-state index in [4.69, 9.17) is 5.73 Å². The van der Waals surface area contributed by atoms with Crippen LogP contribution in [0.1, 0.15) is 0 Å². The normalized spacial score (nSPS) is 11.0. The van der Waals surface area contributed by atoms with Gasteiger partial charge in [-0.3, -0.25) is 9.36 Å².